The largest absolute Gasteiger partial charge is 0.309 e. The molecule has 1 heteroatoms. The maximum atomic E-state index is 2.28. The molecule has 12 heavy (non-hydrogen) atoms. The first-order valence-electron chi connectivity index (χ1n) is 5.31. The van der Waals surface area contributed by atoms with Crippen molar-refractivity contribution in [2.24, 2.45) is 5.92 Å². The molecule has 0 radical (unpaired) electrons. The normalized spacial score (nSPS) is 10.8. The second-order valence-electron chi connectivity index (χ2n) is 2.78. The van der Waals surface area contributed by atoms with E-state index in [2.05, 4.69) is 32.8 Å². The Balaban J connectivity index is -0.000000175. The van der Waals surface area contributed by atoms with Crippen molar-refractivity contribution in [1.29, 1.82) is 0 Å². The maximum Gasteiger partial charge on any atom is 0.0000818 e. The van der Waals surface area contributed by atoms with Crippen molar-refractivity contribution in [3.63, 3.8) is 0 Å². The molecule has 0 aliphatic heterocycles. The van der Waals surface area contributed by atoms with Crippen molar-refractivity contribution >= 4 is 0 Å². The lowest BCUT2D eigenvalue weighted by Crippen LogP contribution is -2.18. The molecule has 0 aliphatic carbocycles. The van der Waals surface area contributed by atoms with E-state index in [1.165, 1.54) is 13.0 Å². The molecule has 78 valence electrons. The third-order valence-corrected chi connectivity index (χ3v) is 1.37. The Morgan fingerprint density at radius 2 is 1.33 bits per heavy atom. The van der Waals surface area contributed by atoms with Gasteiger partial charge in [0.15, 0.2) is 0 Å². The number of hydrogen-bond donors (Lipinski definition) is 0. The van der Waals surface area contributed by atoms with E-state index in [-0.39, 0.29) is 0 Å². The second kappa shape index (κ2) is 17.2. The highest BCUT2D eigenvalue weighted by molar-refractivity contribution is 4.51. The summed E-state index contributed by atoms with van der Waals surface area (Å²) in [5.41, 5.74) is 0. The van der Waals surface area contributed by atoms with Crippen LogP contribution in [0.15, 0.2) is 0 Å². The van der Waals surface area contributed by atoms with Crippen molar-refractivity contribution in [3.05, 3.63) is 0 Å². The summed E-state index contributed by atoms with van der Waals surface area (Å²) in [6.45, 7) is 13.7. The molecule has 0 rings (SSSR count). The minimum Gasteiger partial charge on any atom is -0.309 e. The van der Waals surface area contributed by atoms with Gasteiger partial charge in [0.1, 0.15) is 0 Å². The average molecular weight is 175 g/mol. The van der Waals surface area contributed by atoms with E-state index in [1.807, 2.05) is 27.7 Å². The van der Waals surface area contributed by atoms with Crippen LogP contribution in [0.1, 0.15) is 48.0 Å². The molecule has 0 bridgehead atoms. The van der Waals surface area contributed by atoms with Gasteiger partial charge in [-0.05, 0) is 20.0 Å². The molecule has 0 saturated heterocycles. The van der Waals surface area contributed by atoms with Crippen molar-refractivity contribution in [2.75, 3.05) is 20.6 Å². The predicted molar refractivity (Wildman–Crippen MR) is 60.7 cm³/mol. The molecule has 0 aliphatic rings. The van der Waals surface area contributed by atoms with Crippen LogP contribution in [0.4, 0.5) is 0 Å². The van der Waals surface area contributed by atoms with Crippen LogP contribution in [0.2, 0.25) is 0 Å². The van der Waals surface area contributed by atoms with Gasteiger partial charge in [0, 0.05) is 6.54 Å². The van der Waals surface area contributed by atoms with Crippen LogP contribution in [0.5, 0.6) is 0 Å². The summed E-state index contributed by atoms with van der Waals surface area (Å²) >= 11 is 0. The molecule has 0 saturated carbocycles. The van der Waals surface area contributed by atoms with Gasteiger partial charge in [0.05, 0.1) is 0 Å². The van der Waals surface area contributed by atoms with Crippen LogP contribution in [0, 0.1) is 5.92 Å². The van der Waals surface area contributed by atoms with Crippen LogP contribution in [0.25, 0.3) is 0 Å². The third-order valence-electron chi connectivity index (χ3n) is 1.37. The van der Waals surface area contributed by atoms with Gasteiger partial charge in [0.25, 0.3) is 0 Å². The Kier molecular flexibility index (Phi) is 25.6. The van der Waals surface area contributed by atoms with Gasteiger partial charge in [-0.3, -0.25) is 0 Å². The molecule has 0 N–H and O–H groups in total. The number of rotatable bonds is 3. The summed E-state index contributed by atoms with van der Waals surface area (Å²) in [4.78, 5) is 2.23. The van der Waals surface area contributed by atoms with Crippen LogP contribution in [-0.2, 0) is 0 Å². The van der Waals surface area contributed by atoms with Gasteiger partial charge in [0.2, 0.25) is 0 Å². The fraction of sp³-hybridized carbons (Fsp3) is 1.00. The van der Waals surface area contributed by atoms with Crippen molar-refractivity contribution in [1.82, 2.24) is 4.90 Å². The lowest BCUT2D eigenvalue weighted by atomic mass is 10.1. The van der Waals surface area contributed by atoms with Crippen LogP contribution in [0.3, 0.4) is 0 Å². The highest BCUT2D eigenvalue weighted by Crippen LogP contribution is 1.99. The summed E-state index contributed by atoms with van der Waals surface area (Å²) < 4.78 is 0. The Morgan fingerprint density at radius 1 is 1.00 bits per heavy atom. The quantitative estimate of drug-likeness (QED) is 0.633. The summed E-state index contributed by atoms with van der Waals surface area (Å²) in [5.74, 6) is 0.852. The van der Waals surface area contributed by atoms with Gasteiger partial charge in [-0.25, -0.2) is 0 Å². The molecule has 0 aromatic heterocycles. The summed E-state index contributed by atoms with van der Waals surface area (Å²) in [7, 11) is 4.23. The highest BCUT2D eigenvalue weighted by Gasteiger charge is 1.97. The summed E-state index contributed by atoms with van der Waals surface area (Å²) in [6.07, 6.45) is 1.29. The monoisotopic (exact) mass is 175 g/mol. The smallest absolute Gasteiger partial charge is 0.0000818 e. The maximum absolute atomic E-state index is 2.28. The lowest BCUT2D eigenvalue weighted by molar-refractivity contribution is 0.334. The zero-order chi connectivity index (χ0) is 10.6. The van der Waals surface area contributed by atoms with E-state index >= 15 is 0 Å². The van der Waals surface area contributed by atoms with E-state index in [0.717, 1.165) is 5.92 Å². The van der Waals surface area contributed by atoms with Gasteiger partial charge in [-0.2, -0.15) is 0 Å². The first kappa shape index (κ1) is 17.9. The highest BCUT2D eigenvalue weighted by atomic mass is 15.0. The first-order valence-corrected chi connectivity index (χ1v) is 5.31. The van der Waals surface area contributed by atoms with Crippen LogP contribution >= 0.6 is 0 Å². The molecular weight excluding hydrogens is 146 g/mol. The minimum absolute atomic E-state index is 0.852. The number of nitrogens with zero attached hydrogens (tertiary/aromatic N) is 1. The molecule has 0 fully saturated rings. The van der Waals surface area contributed by atoms with E-state index in [0.29, 0.717) is 0 Å². The zero-order valence-corrected chi connectivity index (χ0v) is 10.4. The topological polar surface area (TPSA) is 3.24 Å². The van der Waals surface area contributed by atoms with Crippen molar-refractivity contribution in [2.45, 2.75) is 48.0 Å². The SMILES string of the molecule is CC.CC.CCC(C)CN(C)C. The molecule has 0 aromatic carbocycles. The molecule has 0 amide bonds. The van der Waals surface area contributed by atoms with Gasteiger partial charge in [-0.1, -0.05) is 48.0 Å². The van der Waals surface area contributed by atoms with Crippen molar-refractivity contribution in [3.8, 4) is 0 Å². The second-order valence-corrected chi connectivity index (χ2v) is 2.78. The number of hydrogen-bond acceptors (Lipinski definition) is 1. The minimum atomic E-state index is 0.852. The van der Waals surface area contributed by atoms with E-state index in [9.17, 15) is 0 Å². The Bertz CT molecular complexity index is 51.0. The molecule has 1 unspecified atom stereocenters. The van der Waals surface area contributed by atoms with Gasteiger partial charge >= 0.3 is 0 Å². The predicted octanol–water partition coefficient (Wildman–Crippen LogP) is 3.65. The fourth-order valence-electron chi connectivity index (χ4n) is 0.752. The molecular formula is C11H29N. The fourth-order valence-corrected chi connectivity index (χ4v) is 0.752. The van der Waals surface area contributed by atoms with E-state index in [1.54, 1.807) is 0 Å². The van der Waals surface area contributed by atoms with Gasteiger partial charge < -0.3 is 4.90 Å². The average Bonchev–Trinajstić information content (AvgIpc) is 2.10. The van der Waals surface area contributed by atoms with Crippen molar-refractivity contribution < 1.29 is 0 Å². The molecule has 1 nitrogen and oxygen atoms in total. The molecule has 0 heterocycles. The first-order chi connectivity index (χ1) is 5.66. The summed E-state index contributed by atoms with van der Waals surface area (Å²) in [6, 6.07) is 0. The van der Waals surface area contributed by atoms with E-state index < -0.39 is 0 Å². The zero-order valence-electron chi connectivity index (χ0n) is 10.4. The van der Waals surface area contributed by atoms with Gasteiger partial charge in [-0.15, -0.1) is 0 Å². The Morgan fingerprint density at radius 3 is 1.42 bits per heavy atom. The standard InChI is InChI=1S/C7H17N.2C2H6/c1-5-7(2)6-8(3)4;2*1-2/h7H,5-6H2,1-4H3;2*1-2H3. The molecule has 1 atom stereocenters. The molecule has 0 spiro atoms. The Hall–Kier alpha value is -0.0400. The molecule has 0 aromatic rings. The summed E-state index contributed by atoms with van der Waals surface area (Å²) in [5, 5.41) is 0. The van der Waals surface area contributed by atoms with Crippen LogP contribution in [-0.4, -0.2) is 25.5 Å². The third kappa shape index (κ3) is 22.5. The lowest BCUT2D eigenvalue weighted by Gasteiger charge is -2.13. The van der Waals surface area contributed by atoms with E-state index in [4.69, 9.17) is 0 Å². The Labute approximate surface area is 80.2 Å². The van der Waals surface area contributed by atoms with Crippen LogP contribution < -0.4 is 0 Å².